The zero-order valence-electron chi connectivity index (χ0n) is 16.6. The van der Waals surface area contributed by atoms with Crippen molar-refractivity contribution in [3.63, 3.8) is 0 Å². The number of rotatable bonds is 6. The first-order chi connectivity index (χ1) is 14.1. The summed E-state index contributed by atoms with van der Waals surface area (Å²) in [6.07, 6.45) is 0. The lowest BCUT2D eigenvalue weighted by atomic mass is 10.2. The Morgan fingerprint density at radius 3 is 2.37 bits per heavy atom. The summed E-state index contributed by atoms with van der Waals surface area (Å²) < 4.78 is 1.62. The number of thioether (sulfide) groups is 1. The normalized spacial score (nSPS) is 12.4. The number of hydrogen-bond donors (Lipinski definition) is 1. The molecule has 0 bridgehead atoms. The summed E-state index contributed by atoms with van der Waals surface area (Å²) in [5, 5.41) is 4.59. The fraction of sp³-hybridized carbons (Fsp3) is 0.286. The Kier molecular flexibility index (Phi) is 7.34. The fourth-order valence-corrected chi connectivity index (χ4v) is 4.48. The second kappa shape index (κ2) is 9.60. The Labute approximate surface area is 193 Å². The third-order valence-electron chi connectivity index (χ3n) is 4.21. The first kappa shape index (κ1) is 22.9. The standard InChI is InChI=1S/C21H20Cl3N3O2S/c1-11(2)10-27-20(29)17-5-4-13(22)9-18(17)26-21(27)30-12(3)19(28)25-16-7-14(23)6-15(24)8-16/h4-9,11-12H,10H2,1-3H3,(H,25,28). The van der Waals surface area contributed by atoms with E-state index in [0.717, 1.165) is 0 Å². The van der Waals surface area contributed by atoms with Crippen molar-refractivity contribution in [3.05, 3.63) is 61.8 Å². The molecule has 30 heavy (non-hydrogen) atoms. The molecule has 0 spiro atoms. The van der Waals surface area contributed by atoms with E-state index in [4.69, 9.17) is 34.8 Å². The Morgan fingerprint density at radius 1 is 1.07 bits per heavy atom. The number of fused-ring (bicyclic) bond motifs is 1. The van der Waals surface area contributed by atoms with Crippen LogP contribution in [-0.2, 0) is 11.3 Å². The summed E-state index contributed by atoms with van der Waals surface area (Å²) in [7, 11) is 0. The van der Waals surface area contributed by atoms with E-state index >= 15 is 0 Å². The molecular weight excluding hydrogens is 465 g/mol. The number of carbonyl (C=O) groups is 1. The molecule has 1 N–H and O–H groups in total. The molecule has 9 heteroatoms. The van der Waals surface area contributed by atoms with Crippen LogP contribution in [-0.4, -0.2) is 20.7 Å². The number of nitrogens with zero attached hydrogens (tertiary/aromatic N) is 2. The van der Waals surface area contributed by atoms with E-state index in [1.807, 2.05) is 13.8 Å². The summed E-state index contributed by atoms with van der Waals surface area (Å²) in [6, 6.07) is 9.83. The molecule has 0 radical (unpaired) electrons. The Morgan fingerprint density at radius 2 is 1.73 bits per heavy atom. The molecule has 1 unspecified atom stereocenters. The van der Waals surface area contributed by atoms with Gasteiger partial charge >= 0.3 is 0 Å². The van der Waals surface area contributed by atoms with Crippen molar-refractivity contribution in [3.8, 4) is 0 Å². The molecule has 3 rings (SSSR count). The predicted octanol–water partition coefficient (Wildman–Crippen LogP) is 6.13. The maximum Gasteiger partial charge on any atom is 0.262 e. The Hall–Kier alpha value is -1.73. The van der Waals surface area contributed by atoms with Crippen LogP contribution in [0.25, 0.3) is 10.9 Å². The van der Waals surface area contributed by atoms with Crippen molar-refractivity contribution < 1.29 is 4.79 Å². The van der Waals surface area contributed by atoms with Gasteiger partial charge in [-0.15, -0.1) is 0 Å². The third kappa shape index (κ3) is 5.49. The highest BCUT2D eigenvalue weighted by Crippen LogP contribution is 2.27. The number of halogens is 3. The minimum atomic E-state index is -0.523. The van der Waals surface area contributed by atoms with Gasteiger partial charge in [0.2, 0.25) is 5.91 Å². The highest BCUT2D eigenvalue weighted by Gasteiger charge is 2.20. The molecule has 5 nitrogen and oxygen atoms in total. The SMILES string of the molecule is CC(C)Cn1c(SC(C)C(=O)Nc2cc(Cl)cc(Cl)c2)nc2cc(Cl)ccc2c1=O. The largest absolute Gasteiger partial charge is 0.325 e. The third-order valence-corrected chi connectivity index (χ3v) is 5.97. The lowest BCUT2D eigenvalue weighted by molar-refractivity contribution is -0.115. The highest BCUT2D eigenvalue weighted by atomic mass is 35.5. The van der Waals surface area contributed by atoms with E-state index in [1.54, 1.807) is 47.9 Å². The molecule has 0 aliphatic heterocycles. The maximum absolute atomic E-state index is 13.1. The van der Waals surface area contributed by atoms with Crippen molar-refractivity contribution in [2.75, 3.05) is 5.32 Å². The van der Waals surface area contributed by atoms with Crippen molar-refractivity contribution >= 4 is 69.1 Å². The first-order valence-electron chi connectivity index (χ1n) is 9.27. The summed E-state index contributed by atoms with van der Waals surface area (Å²) >= 11 is 19.3. The molecule has 1 atom stereocenters. The lowest BCUT2D eigenvalue weighted by Crippen LogP contribution is -2.28. The van der Waals surface area contributed by atoms with E-state index in [2.05, 4.69) is 10.3 Å². The van der Waals surface area contributed by atoms with Crippen molar-refractivity contribution in [2.24, 2.45) is 5.92 Å². The van der Waals surface area contributed by atoms with Gasteiger partial charge in [0.1, 0.15) is 0 Å². The van der Waals surface area contributed by atoms with Gasteiger partial charge in [-0.1, -0.05) is 60.4 Å². The summed E-state index contributed by atoms with van der Waals surface area (Å²) in [6.45, 7) is 6.28. The van der Waals surface area contributed by atoms with Crippen LogP contribution < -0.4 is 10.9 Å². The summed E-state index contributed by atoms with van der Waals surface area (Å²) in [5.41, 5.74) is 0.856. The van der Waals surface area contributed by atoms with Gasteiger partial charge in [0, 0.05) is 27.3 Å². The quantitative estimate of drug-likeness (QED) is 0.337. The highest BCUT2D eigenvalue weighted by molar-refractivity contribution is 8.00. The van der Waals surface area contributed by atoms with Gasteiger partial charge in [-0.2, -0.15) is 0 Å². The molecule has 0 aliphatic carbocycles. The van der Waals surface area contributed by atoms with Gasteiger partial charge < -0.3 is 5.32 Å². The van der Waals surface area contributed by atoms with Gasteiger partial charge in [0.25, 0.3) is 5.56 Å². The average molecular weight is 485 g/mol. The number of hydrogen-bond acceptors (Lipinski definition) is 4. The number of amides is 1. The molecule has 3 aromatic rings. The van der Waals surface area contributed by atoms with Gasteiger partial charge in [-0.05, 0) is 49.2 Å². The number of carbonyl (C=O) groups excluding carboxylic acids is 1. The molecule has 0 fully saturated rings. The number of benzene rings is 2. The second-order valence-corrected chi connectivity index (χ2v) is 9.89. The van der Waals surface area contributed by atoms with Crippen LogP contribution in [0.4, 0.5) is 5.69 Å². The van der Waals surface area contributed by atoms with Gasteiger partial charge in [0.15, 0.2) is 5.16 Å². The molecule has 2 aromatic carbocycles. The zero-order valence-corrected chi connectivity index (χ0v) is 19.7. The van der Waals surface area contributed by atoms with Crippen molar-refractivity contribution in [1.29, 1.82) is 0 Å². The predicted molar refractivity (Wildman–Crippen MR) is 126 cm³/mol. The molecule has 0 saturated heterocycles. The maximum atomic E-state index is 13.1. The Balaban J connectivity index is 1.92. The smallest absolute Gasteiger partial charge is 0.262 e. The van der Waals surface area contributed by atoms with Gasteiger partial charge in [0.05, 0.1) is 16.2 Å². The zero-order chi connectivity index (χ0) is 22.0. The topological polar surface area (TPSA) is 64.0 Å². The van der Waals surface area contributed by atoms with E-state index in [9.17, 15) is 9.59 Å². The number of anilines is 1. The second-order valence-electron chi connectivity index (χ2n) is 7.27. The minimum absolute atomic E-state index is 0.151. The summed E-state index contributed by atoms with van der Waals surface area (Å²) in [5.74, 6) is -0.0267. The van der Waals surface area contributed by atoms with Gasteiger partial charge in [-0.3, -0.25) is 14.2 Å². The molecule has 1 amide bonds. The molecule has 1 heterocycles. The molecule has 0 saturated carbocycles. The average Bonchev–Trinajstić information content (AvgIpc) is 2.63. The summed E-state index contributed by atoms with van der Waals surface area (Å²) in [4.78, 5) is 30.4. The van der Waals surface area contributed by atoms with Crippen LogP contribution in [0.2, 0.25) is 15.1 Å². The molecule has 1 aromatic heterocycles. The first-order valence-corrected chi connectivity index (χ1v) is 11.3. The molecular formula is C21H20Cl3N3O2S. The fourth-order valence-electron chi connectivity index (χ4n) is 2.87. The van der Waals surface area contributed by atoms with Crippen molar-refractivity contribution in [1.82, 2.24) is 9.55 Å². The Bertz CT molecular complexity index is 1140. The van der Waals surface area contributed by atoms with Crippen LogP contribution in [0.15, 0.2) is 46.3 Å². The minimum Gasteiger partial charge on any atom is -0.325 e. The van der Waals surface area contributed by atoms with E-state index in [0.29, 0.717) is 43.4 Å². The van der Waals surface area contributed by atoms with Crippen LogP contribution in [0.5, 0.6) is 0 Å². The van der Waals surface area contributed by atoms with E-state index in [-0.39, 0.29) is 17.4 Å². The monoisotopic (exact) mass is 483 g/mol. The van der Waals surface area contributed by atoms with Crippen LogP contribution in [0, 0.1) is 5.92 Å². The number of nitrogens with one attached hydrogen (secondary N) is 1. The lowest BCUT2D eigenvalue weighted by Gasteiger charge is -2.18. The molecule has 158 valence electrons. The number of aromatic nitrogens is 2. The van der Waals surface area contributed by atoms with E-state index in [1.165, 1.54) is 11.8 Å². The van der Waals surface area contributed by atoms with Gasteiger partial charge in [-0.25, -0.2) is 4.98 Å². The van der Waals surface area contributed by atoms with Crippen LogP contribution >= 0.6 is 46.6 Å². The molecule has 0 aliphatic rings. The van der Waals surface area contributed by atoms with Crippen LogP contribution in [0.1, 0.15) is 20.8 Å². The van der Waals surface area contributed by atoms with Crippen molar-refractivity contribution in [2.45, 2.75) is 37.7 Å². The van der Waals surface area contributed by atoms with Crippen LogP contribution in [0.3, 0.4) is 0 Å². The van der Waals surface area contributed by atoms with E-state index < -0.39 is 5.25 Å².